The fourth-order valence-corrected chi connectivity index (χ4v) is 3.74. The Morgan fingerprint density at radius 1 is 0.967 bits per heavy atom. The number of rotatable bonds is 8. The van der Waals surface area contributed by atoms with Crippen LogP contribution in [0.25, 0.3) is 11.3 Å². The number of anilines is 1. The highest BCUT2D eigenvalue weighted by molar-refractivity contribution is 7.07. The topological polar surface area (TPSA) is 66.9 Å². The van der Waals surface area contributed by atoms with Gasteiger partial charge in [0.05, 0.1) is 11.3 Å². The number of aromatic nitrogens is 2. The third-order valence-electron chi connectivity index (χ3n) is 4.64. The lowest BCUT2D eigenvalue weighted by molar-refractivity contribution is 0.0951. The van der Waals surface area contributed by atoms with E-state index >= 15 is 0 Å². The molecule has 0 aliphatic rings. The quantitative estimate of drug-likeness (QED) is 0.435. The molecular weight excluding hydrogens is 392 g/mol. The van der Waals surface area contributed by atoms with Crippen LogP contribution in [-0.4, -0.2) is 22.4 Å². The molecule has 30 heavy (non-hydrogen) atoms. The molecule has 0 saturated carbocycles. The number of carbonyl (C=O) groups is 1. The van der Waals surface area contributed by atoms with E-state index in [1.54, 1.807) is 17.5 Å². The maximum Gasteiger partial charge on any atom is 0.255 e. The van der Waals surface area contributed by atoms with Gasteiger partial charge in [-0.05, 0) is 46.7 Å². The second-order valence-corrected chi connectivity index (χ2v) is 7.55. The van der Waals surface area contributed by atoms with E-state index in [4.69, 9.17) is 4.98 Å². The zero-order valence-corrected chi connectivity index (χ0v) is 17.2. The van der Waals surface area contributed by atoms with Crippen LogP contribution in [-0.2, 0) is 13.0 Å². The summed E-state index contributed by atoms with van der Waals surface area (Å²) < 4.78 is 0. The minimum atomic E-state index is -0.145. The smallest absolute Gasteiger partial charge is 0.255 e. The fraction of sp³-hybridized carbons (Fsp3) is 0.125. The molecule has 6 heteroatoms. The van der Waals surface area contributed by atoms with Gasteiger partial charge in [0.15, 0.2) is 0 Å². The molecule has 1 aromatic carbocycles. The molecule has 4 rings (SSSR count). The number of nitrogens with zero attached hydrogens (tertiary/aromatic N) is 2. The van der Waals surface area contributed by atoms with E-state index in [9.17, 15) is 4.79 Å². The first-order valence-corrected chi connectivity index (χ1v) is 10.7. The van der Waals surface area contributed by atoms with Crippen molar-refractivity contribution in [1.29, 1.82) is 0 Å². The lowest BCUT2D eigenvalue weighted by atomic mass is 10.1. The second-order valence-electron chi connectivity index (χ2n) is 6.77. The van der Waals surface area contributed by atoms with Gasteiger partial charge in [-0.3, -0.25) is 9.78 Å². The van der Waals surface area contributed by atoms with E-state index < -0.39 is 0 Å². The van der Waals surface area contributed by atoms with Crippen molar-refractivity contribution in [1.82, 2.24) is 15.3 Å². The van der Waals surface area contributed by atoms with Crippen molar-refractivity contribution in [3.05, 3.63) is 101 Å². The van der Waals surface area contributed by atoms with Crippen LogP contribution >= 0.6 is 11.3 Å². The number of hydrogen-bond acceptors (Lipinski definition) is 5. The highest BCUT2D eigenvalue weighted by Gasteiger charge is 2.14. The summed E-state index contributed by atoms with van der Waals surface area (Å²) in [6.07, 6.45) is 2.53. The summed E-state index contributed by atoms with van der Waals surface area (Å²) in [6, 6.07) is 21.5. The van der Waals surface area contributed by atoms with E-state index in [1.165, 1.54) is 0 Å². The van der Waals surface area contributed by atoms with Gasteiger partial charge in [-0.2, -0.15) is 11.3 Å². The molecule has 5 nitrogen and oxygen atoms in total. The Labute approximate surface area is 179 Å². The predicted molar refractivity (Wildman–Crippen MR) is 122 cm³/mol. The van der Waals surface area contributed by atoms with Gasteiger partial charge in [-0.25, -0.2) is 4.98 Å². The van der Waals surface area contributed by atoms with Crippen molar-refractivity contribution in [3.8, 4) is 11.3 Å². The summed E-state index contributed by atoms with van der Waals surface area (Å²) in [5.74, 6) is 0.434. The van der Waals surface area contributed by atoms with Crippen LogP contribution < -0.4 is 10.6 Å². The second kappa shape index (κ2) is 9.80. The van der Waals surface area contributed by atoms with E-state index in [1.807, 2.05) is 77.5 Å². The SMILES string of the molecule is O=C(NCc1ccsc1)c1ccc(-c2ccccc2)nc1NCCc1ccccn1. The summed E-state index contributed by atoms with van der Waals surface area (Å²) in [7, 11) is 0. The lowest BCUT2D eigenvalue weighted by Gasteiger charge is -2.13. The number of nitrogens with one attached hydrogen (secondary N) is 2. The number of pyridine rings is 2. The van der Waals surface area contributed by atoms with Gasteiger partial charge in [0.1, 0.15) is 5.82 Å². The highest BCUT2D eigenvalue weighted by atomic mass is 32.1. The van der Waals surface area contributed by atoms with Gasteiger partial charge >= 0.3 is 0 Å². The molecule has 0 atom stereocenters. The Bertz CT molecular complexity index is 1080. The molecular formula is C24H22N4OS. The molecule has 1 amide bonds. The Morgan fingerprint density at radius 2 is 1.83 bits per heavy atom. The third-order valence-corrected chi connectivity index (χ3v) is 5.37. The van der Waals surface area contributed by atoms with E-state index in [0.717, 1.165) is 28.9 Å². The number of hydrogen-bond donors (Lipinski definition) is 2. The number of amides is 1. The standard InChI is InChI=1S/C24H22N4OS/c29-24(27-16-18-12-15-30-17-18)21-9-10-22(19-6-2-1-3-7-19)28-23(21)26-14-11-20-8-4-5-13-25-20/h1-10,12-13,15,17H,11,14,16H2,(H,26,28)(H,27,29). The van der Waals surface area contributed by atoms with Crippen molar-refractivity contribution in [3.63, 3.8) is 0 Å². The van der Waals surface area contributed by atoms with E-state index in [-0.39, 0.29) is 5.91 Å². The summed E-state index contributed by atoms with van der Waals surface area (Å²) in [5, 5.41) is 10.4. The Hall–Kier alpha value is -3.51. The van der Waals surface area contributed by atoms with Crippen molar-refractivity contribution < 1.29 is 4.79 Å². The molecule has 150 valence electrons. The first-order valence-electron chi connectivity index (χ1n) is 9.79. The molecule has 0 bridgehead atoms. The first-order chi connectivity index (χ1) is 14.8. The highest BCUT2D eigenvalue weighted by Crippen LogP contribution is 2.22. The van der Waals surface area contributed by atoms with Gasteiger partial charge < -0.3 is 10.6 Å². The maximum absolute atomic E-state index is 12.8. The minimum Gasteiger partial charge on any atom is -0.369 e. The van der Waals surface area contributed by atoms with Crippen LogP contribution in [0.4, 0.5) is 5.82 Å². The molecule has 0 fully saturated rings. The molecule has 3 heterocycles. The van der Waals surface area contributed by atoms with Crippen LogP contribution in [0.15, 0.2) is 83.7 Å². The molecule has 0 radical (unpaired) electrons. The molecule has 0 aliphatic heterocycles. The molecule has 4 aromatic rings. The molecule has 0 aliphatic carbocycles. The van der Waals surface area contributed by atoms with E-state index in [0.29, 0.717) is 24.5 Å². The van der Waals surface area contributed by atoms with Crippen molar-refractivity contribution in [2.45, 2.75) is 13.0 Å². The summed E-state index contributed by atoms with van der Waals surface area (Å²) >= 11 is 1.62. The van der Waals surface area contributed by atoms with Gasteiger partial charge in [0.25, 0.3) is 5.91 Å². The largest absolute Gasteiger partial charge is 0.369 e. The molecule has 0 spiro atoms. The van der Waals surface area contributed by atoms with E-state index in [2.05, 4.69) is 15.6 Å². The van der Waals surface area contributed by atoms with Crippen molar-refractivity contribution in [2.24, 2.45) is 0 Å². The van der Waals surface area contributed by atoms with Crippen LogP contribution in [0.3, 0.4) is 0 Å². The van der Waals surface area contributed by atoms with Crippen LogP contribution in [0.2, 0.25) is 0 Å². The predicted octanol–water partition coefficient (Wildman–Crippen LogP) is 4.79. The average Bonchev–Trinajstić information content (AvgIpc) is 3.32. The maximum atomic E-state index is 12.8. The monoisotopic (exact) mass is 414 g/mol. The van der Waals surface area contributed by atoms with Crippen LogP contribution in [0, 0.1) is 0 Å². The zero-order valence-electron chi connectivity index (χ0n) is 16.4. The Kier molecular flexibility index (Phi) is 6.47. The molecule has 2 N–H and O–H groups in total. The number of carbonyl (C=O) groups excluding carboxylic acids is 1. The molecule has 3 aromatic heterocycles. The van der Waals surface area contributed by atoms with Gasteiger partial charge in [-0.1, -0.05) is 36.4 Å². The first kappa shape index (κ1) is 19.8. The fourth-order valence-electron chi connectivity index (χ4n) is 3.07. The normalized spacial score (nSPS) is 10.5. The molecule has 0 unspecified atom stereocenters. The zero-order chi connectivity index (χ0) is 20.6. The van der Waals surface area contributed by atoms with Crippen LogP contribution in [0.1, 0.15) is 21.6 Å². The number of thiophene rings is 1. The van der Waals surface area contributed by atoms with Gasteiger partial charge in [0, 0.05) is 37.0 Å². The summed E-state index contributed by atoms with van der Waals surface area (Å²) in [5.41, 5.74) is 4.45. The lowest BCUT2D eigenvalue weighted by Crippen LogP contribution is -2.24. The molecule has 0 saturated heterocycles. The summed E-state index contributed by atoms with van der Waals surface area (Å²) in [4.78, 5) is 21.9. The Morgan fingerprint density at radius 3 is 2.60 bits per heavy atom. The minimum absolute atomic E-state index is 0.145. The number of benzene rings is 1. The van der Waals surface area contributed by atoms with Crippen molar-refractivity contribution >= 4 is 23.1 Å². The average molecular weight is 415 g/mol. The van der Waals surface area contributed by atoms with Crippen molar-refractivity contribution in [2.75, 3.05) is 11.9 Å². The Balaban J connectivity index is 1.53. The van der Waals surface area contributed by atoms with Crippen LogP contribution in [0.5, 0.6) is 0 Å². The van der Waals surface area contributed by atoms with Gasteiger partial charge in [0.2, 0.25) is 0 Å². The van der Waals surface area contributed by atoms with Gasteiger partial charge in [-0.15, -0.1) is 0 Å². The summed E-state index contributed by atoms with van der Waals surface area (Å²) in [6.45, 7) is 1.13. The third kappa shape index (κ3) is 5.10.